The molecule has 1 aromatic rings. The van der Waals surface area contributed by atoms with Crippen molar-refractivity contribution < 1.29 is 5.11 Å². The van der Waals surface area contributed by atoms with Crippen LogP contribution in [0.3, 0.4) is 0 Å². The molecule has 1 atom stereocenters. The van der Waals surface area contributed by atoms with Gasteiger partial charge in [0.1, 0.15) is 0 Å². The van der Waals surface area contributed by atoms with Crippen LogP contribution in [0.5, 0.6) is 0 Å². The number of nitrogens with zero attached hydrogens (tertiary/aromatic N) is 1. The summed E-state index contributed by atoms with van der Waals surface area (Å²) in [6, 6.07) is 2.05. The Kier molecular flexibility index (Phi) is 2.92. The second-order valence-corrected chi connectivity index (χ2v) is 4.32. The van der Waals surface area contributed by atoms with Gasteiger partial charge >= 0.3 is 0 Å². The van der Waals surface area contributed by atoms with Gasteiger partial charge in [-0.1, -0.05) is 13.3 Å². The smallest absolute Gasteiger partial charge is 0.0832 e. The monoisotopic (exact) mass is 193 g/mol. The predicted octanol–water partition coefficient (Wildman–Crippen LogP) is 2.73. The van der Waals surface area contributed by atoms with Crippen LogP contribution in [-0.2, 0) is 6.54 Å². The Morgan fingerprint density at radius 1 is 1.57 bits per heavy atom. The van der Waals surface area contributed by atoms with E-state index in [-0.39, 0.29) is 6.10 Å². The maximum atomic E-state index is 9.89. The molecule has 1 aliphatic rings. The molecule has 2 nitrogen and oxygen atoms in total. The van der Waals surface area contributed by atoms with E-state index in [1.165, 1.54) is 25.7 Å². The molecule has 0 aromatic carbocycles. The lowest BCUT2D eigenvalue weighted by atomic mass is 10.1. The number of aromatic nitrogens is 1. The van der Waals surface area contributed by atoms with Crippen molar-refractivity contribution in [1.82, 2.24) is 4.57 Å². The molecular formula is C12H19NO. The molecule has 14 heavy (non-hydrogen) atoms. The van der Waals surface area contributed by atoms with E-state index in [2.05, 4.69) is 30.0 Å². The third-order valence-corrected chi connectivity index (χ3v) is 2.95. The first-order chi connectivity index (χ1) is 6.81. The number of unbranched alkanes of at least 4 members (excludes halogenated alkanes) is 1. The normalized spacial score (nSPS) is 18.4. The van der Waals surface area contributed by atoms with Crippen LogP contribution in [0, 0.1) is 5.92 Å². The Balaban J connectivity index is 1.94. The lowest BCUT2D eigenvalue weighted by Gasteiger charge is -2.06. The highest BCUT2D eigenvalue weighted by Crippen LogP contribution is 2.40. The minimum atomic E-state index is -0.210. The summed E-state index contributed by atoms with van der Waals surface area (Å²) in [6.07, 6.45) is 8.79. The average Bonchev–Trinajstić information content (AvgIpc) is 2.94. The molecule has 0 amide bonds. The van der Waals surface area contributed by atoms with E-state index in [1.807, 2.05) is 0 Å². The largest absolute Gasteiger partial charge is 0.388 e. The summed E-state index contributed by atoms with van der Waals surface area (Å²) in [5.41, 5.74) is 1.10. The Hall–Kier alpha value is -0.760. The minimum Gasteiger partial charge on any atom is -0.388 e. The van der Waals surface area contributed by atoms with Crippen LogP contribution in [0.1, 0.15) is 44.3 Å². The maximum Gasteiger partial charge on any atom is 0.0832 e. The zero-order chi connectivity index (χ0) is 9.97. The average molecular weight is 193 g/mol. The molecule has 0 aliphatic heterocycles. The van der Waals surface area contributed by atoms with Gasteiger partial charge in [-0.25, -0.2) is 0 Å². The van der Waals surface area contributed by atoms with Crippen LogP contribution in [0.15, 0.2) is 18.5 Å². The Morgan fingerprint density at radius 2 is 2.36 bits per heavy atom. The second-order valence-electron chi connectivity index (χ2n) is 4.32. The molecule has 2 rings (SSSR count). The Bertz CT molecular complexity index is 288. The predicted molar refractivity (Wildman–Crippen MR) is 57.0 cm³/mol. The van der Waals surface area contributed by atoms with Crippen LogP contribution < -0.4 is 0 Å². The van der Waals surface area contributed by atoms with Crippen molar-refractivity contribution >= 4 is 0 Å². The molecule has 1 aromatic heterocycles. The fourth-order valence-electron chi connectivity index (χ4n) is 1.80. The number of rotatable bonds is 5. The van der Waals surface area contributed by atoms with E-state index in [9.17, 15) is 5.11 Å². The summed E-state index contributed by atoms with van der Waals surface area (Å²) in [5, 5.41) is 9.89. The zero-order valence-corrected chi connectivity index (χ0v) is 8.82. The quantitative estimate of drug-likeness (QED) is 0.764. The van der Waals surface area contributed by atoms with Gasteiger partial charge in [0.2, 0.25) is 0 Å². The van der Waals surface area contributed by atoms with Gasteiger partial charge in [0.25, 0.3) is 0 Å². The van der Waals surface area contributed by atoms with Crippen molar-refractivity contribution in [2.24, 2.45) is 5.92 Å². The van der Waals surface area contributed by atoms with Gasteiger partial charge in [-0.2, -0.15) is 0 Å². The summed E-state index contributed by atoms with van der Waals surface area (Å²) in [5.74, 6) is 0.539. The molecule has 0 spiro atoms. The lowest BCUT2D eigenvalue weighted by Crippen LogP contribution is -1.98. The van der Waals surface area contributed by atoms with Crippen molar-refractivity contribution in [3.05, 3.63) is 24.0 Å². The van der Waals surface area contributed by atoms with Gasteiger partial charge in [-0.15, -0.1) is 0 Å². The highest BCUT2D eigenvalue weighted by Gasteiger charge is 2.30. The first kappa shape index (κ1) is 9.78. The standard InChI is InChI=1S/C12H19NO/c1-2-3-7-13-8-6-11(9-13)12(14)10-4-5-10/h6,8-10,12,14H,2-5,7H2,1H3. The van der Waals surface area contributed by atoms with Crippen LogP contribution in [0.25, 0.3) is 0 Å². The van der Waals surface area contributed by atoms with Gasteiger partial charge in [-0.05, 0) is 36.8 Å². The van der Waals surface area contributed by atoms with Gasteiger partial charge in [0.15, 0.2) is 0 Å². The Labute approximate surface area is 85.6 Å². The highest BCUT2D eigenvalue weighted by molar-refractivity contribution is 5.15. The van der Waals surface area contributed by atoms with Crippen molar-refractivity contribution in [2.45, 2.75) is 45.3 Å². The first-order valence-electron chi connectivity index (χ1n) is 5.65. The van der Waals surface area contributed by atoms with Gasteiger partial charge in [0.05, 0.1) is 6.10 Å². The van der Waals surface area contributed by atoms with E-state index < -0.39 is 0 Å². The van der Waals surface area contributed by atoms with E-state index in [1.54, 1.807) is 0 Å². The lowest BCUT2D eigenvalue weighted by molar-refractivity contribution is 0.154. The third-order valence-electron chi connectivity index (χ3n) is 2.95. The summed E-state index contributed by atoms with van der Waals surface area (Å²) >= 11 is 0. The number of aliphatic hydroxyl groups excluding tert-OH is 1. The van der Waals surface area contributed by atoms with Crippen molar-refractivity contribution in [3.8, 4) is 0 Å². The molecule has 0 bridgehead atoms. The molecule has 1 N–H and O–H groups in total. The van der Waals surface area contributed by atoms with E-state index in [4.69, 9.17) is 0 Å². The molecule has 0 saturated heterocycles. The molecule has 1 aliphatic carbocycles. The minimum absolute atomic E-state index is 0.210. The van der Waals surface area contributed by atoms with Crippen molar-refractivity contribution in [2.75, 3.05) is 0 Å². The molecule has 1 fully saturated rings. The molecule has 2 heteroatoms. The molecule has 1 unspecified atom stereocenters. The number of hydrogen-bond acceptors (Lipinski definition) is 1. The number of aliphatic hydroxyl groups is 1. The van der Waals surface area contributed by atoms with Crippen LogP contribution in [-0.4, -0.2) is 9.67 Å². The van der Waals surface area contributed by atoms with Crippen LogP contribution in [0.4, 0.5) is 0 Å². The van der Waals surface area contributed by atoms with Crippen LogP contribution in [0.2, 0.25) is 0 Å². The first-order valence-corrected chi connectivity index (χ1v) is 5.65. The topological polar surface area (TPSA) is 25.2 Å². The zero-order valence-electron chi connectivity index (χ0n) is 8.82. The van der Waals surface area contributed by atoms with Crippen LogP contribution >= 0.6 is 0 Å². The summed E-state index contributed by atoms with van der Waals surface area (Å²) in [7, 11) is 0. The maximum absolute atomic E-state index is 9.89. The van der Waals surface area contributed by atoms with Crippen molar-refractivity contribution in [3.63, 3.8) is 0 Å². The number of hydrogen-bond donors (Lipinski definition) is 1. The molecule has 1 heterocycles. The van der Waals surface area contributed by atoms with E-state index >= 15 is 0 Å². The van der Waals surface area contributed by atoms with E-state index in [0.717, 1.165) is 12.1 Å². The van der Waals surface area contributed by atoms with Gasteiger partial charge in [0, 0.05) is 18.9 Å². The molecular weight excluding hydrogens is 174 g/mol. The summed E-state index contributed by atoms with van der Waals surface area (Å²) < 4.78 is 2.18. The van der Waals surface area contributed by atoms with Gasteiger partial charge < -0.3 is 9.67 Å². The third kappa shape index (κ3) is 2.18. The van der Waals surface area contributed by atoms with E-state index in [0.29, 0.717) is 5.92 Å². The van der Waals surface area contributed by atoms with Gasteiger partial charge in [-0.3, -0.25) is 0 Å². The Morgan fingerprint density at radius 3 is 3.00 bits per heavy atom. The molecule has 0 radical (unpaired) electrons. The molecule has 1 saturated carbocycles. The molecule has 78 valence electrons. The SMILES string of the molecule is CCCCn1ccc(C(O)C2CC2)c1. The highest BCUT2D eigenvalue weighted by atomic mass is 16.3. The summed E-state index contributed by atoms with van der Waals surface area (Å²) in [4.78, 5) is 0. The second kappa shape index (κ2) is 4.18. The number of aryl methyl sites for hydroxylation is 1. The fraction of sp³-hybridized carbons (Fsp3) is 0.667. The summed E-state index contributed by atoms with van der Waals surface area (Å²) in [6.45, 7) is 3.28. The van der Waals surface area contributed by atoms with Crippen molar-refractivity contribution in [1.29, 1.82) is 0 Å². The fourth-order valence-corrected chi connectivity index (χ4v) is 1.80.